The molecule has 0 aliphatic carbocycles. The Kier molecular flexibility index (Phi) is 6.52. The van der Waals surface area contributed by atoms with Crippen molar-refractivity contribution in [3.8, 4) is 21.8 Å². The summed E-state index contributed by atoms with van der Waals surface area (Å²) in [6.45, 7) is 4.24. The second-order valence-corrected chi connectivity index (χ2v) is 10.3. The molecule has 0 spiro atoms. The fourth-order valence-electron chi connectivity index (χ4n) is 4.16. The standard InChI is InChI=1S/C27H23N5O2S2/c33-24(27-31-23(17-35-27)19-6-2-1-3-7-19)29-21-9-5-4-8-20(21)25-30-22-14-18(15-28-26(22)36-25)16-32-10-12-34-13-11-32/h1-9,14-15,17H,10-13,16H2,(H,29,33). The largest absolute Gasteiger partial charge is 0.379 e. The van der Waals surface area contributed by atoms with Crippen molar-refractivity contribution in [2.75, 3.05) is 31.6 Å². The lowest BCUT2D eigenvalue weighted by Crippen LogP contribution is -2.35. The first kappa shape index (κ1) is 22.9. The molecular weight excluding hydrogens is 490 g/mol. The van der Waals surface area contributed by atoms with Gasteiger partial charge < -0.3 is 10.1 Å². The Balaban J connectivity index is 1.23. The highest BCUT2D eigenvalue weighted by molar-refractivity contribution is 7.21. The molecule has 1 fully saturated rings. The van der Waals surface area contributed by atoms with E-state index in [2.05, 4.69) is 26.3 Å². The predicted octanol–water partition coefficient (Wildman–Crippen LogP) is 5.57. The number of nitrogens with zero attached hydrogens (tertiary/aromatic N) is 4. The number of para-hydroxylation sites is 1. The average molecular weight is 514 g/mol. The van der Waals surface area contributed by atoms with Gasteiger partial charge in [-0.2, -0.15) is 0 Å². The number of aromatic nitrogens is 3. The highest BCUT2D eigenvalue weighted by Crippen LogP contribution is 2.34. The molecule has 7 nitrogen and oxygen atoms in total. The van der Waals surface area contributed by atoms with Crippen LogP contribution < -0.4 is 5.32 Å². The number of fused-ring (bicyclic) bond motifs is 1. The maximum Gasteiger partial charge on any atom is 0.284 e. The van der Waals surface area contributed by atoms with E-state index in [-0.39, 0.29) is 5.91 Å². The monoisotopic (exact) mass is 513 g/mol. The molecule has 4 heterocycles. The van der Waals surface area contributed by atoms with Crippen LogP contribution >= 0.6 is 22.7 Å². The minimum absolute atomic E-state index is 0.235. The van der Waals surface area contributed by atoms with Crippen LogP contribution in [0.15, 0.2) is 72.2 Å². The topological polar surface area (TPSA) is 80.2 Å². The number of thiazole rings is 2. The van der Waals surface area contributed by atoms with Gasteiger partial charge in [0.05, 0.1) is 24.6 Å². The number of benzene rings is 2. The molecule has 2 aromatic carbocycles. The van der Waals surface area contributed by atoms with Crippen molar-refractivity contribution in [1.29, 1.82) is 0 Å². The summed E-state index contributed by atoms with van der Waals surface area (Å²) in [6, 6.07) is 19.7. The smallest absolute Gasteiger partial charge is 0.284 e. The van der Waals surface area contributed by atoms with E-state index < -0.39 is 0 Å². The summed E-state index contributed by atoms with van der Waals surface area (Å²) in [5.74, 6) is -0.235. The molecule has 0 atom stereocenters. The fraction of sp³-hybridized carbons (Fsp3) is 0.185. The number of nitrogens with one attached hydrogen (secondary N) is 1. The second-order valence-electron chi connectivity index (χ2n) is 8.48. The number of ether oxygens (including phenoxy) is 1. The van der Waals surface area contributed by atoms with Crippen LogP contribution in [0, 0.1) is 0 Å². The Bertz CT molecular complexity index is 1510. The van der Waals surface area contributed by atoms with Gasteiger partial charge >= 0.3 is 0 Å². The summed E-state index contributed by atoms with van der Waals surface area (Å²) >= 11 is 2.86. The number of carbonyl (C=O) groups excluding carboxylic acids is 1. The zero-order valence-corrected chi connectivity index (χ0v) is 21.0. The number of morpholine rings is 1. The average Bonchev–Trinajstić information content (AvgIpc) is 3.58. The van der Waals surface area contributed by atoms with Gasteiger partial charge in [-0.25, -0.2) is 15.0 Å². The van der Waals surface area contributed by atoms with E-state index >= 15 is 0 Å². The lowest BCUT2D eigenvalue weighted by atomic mass is 10.2. The van der Waals surface area contributed by atoms with E-state index in [4.69, 9.17) is 9.72 Å². The van der Waals surface area contributed by atoms with Gasteiger partial charge in [0.1, 0.15) is 15.4 Å². The number of carbonyl (C=O) groups is 1. The van der Waals surface area contributed by atoms with E-state index in [9.17, 15) is 4.79 Å². The third-order valence-electron chi connectivity index (χ3n) is 5.99. The summed E-state index contributed by atoms with van der Waals surface area (Å²) in [5, 5.41) is 6.18. The Morgan fingerprint density at radius 2 is 1.83 bits per heavy atom. The fourth-order valence-corrected chi connectivity index (χ4v) is 5.81. The summed E-state index contributed by atoms with van der Waals surface area (Å²) in [6.07, 6.45) is 1.93. The maximum absolute atomic E-state index is 13.0. The van der Waals surface area contributed by atoms with Crippen molar-refractivity contribution >= 4 is 44.6 Å². The first-order valence-electron chi connectivity index (χ1n) is 11.7. The normalized spacial score (nSPS) is 14.2. The van der Waals surface area contributed by atoms with Crippen molar-refractivity contribution in [3.05, 3.63) is 82.8 Å². The van der Waals surface area contributed by atoms with Gasteiger partial charge in [-0.3, -0.25) is 9.69 Å². The van der Waals surface area contributed by atoms with E-state index in [1.807, 2.05) is 66.2 Å². The van der Waals surface area contributed by atoms with Gasteiger partial charge in [0.15, 0.2) is 5.01 Å². The molecule has 0 bridgehead atoms. The van der Waals surface area contributed by atoms with Gasteiger partial charge in [0.25, 0.3) is 5.91 Å². The number of pyridine rings is 1. The molecule has 180 valence electrons. The minimum atomic E-state index is -0.235. The predicted molar refractivity (Wildman–Crippen MR) is 144 cm³/mol. The number of hydrogen-bond acceptors (Lipinski definition) is 8. The van der Waals surface area contributed by atoms with E-state index in [1.54, 1.807) is 0 Å². The summed E-state index contributed by atoms with van der Waals surface area (Å²) < 4.78 is 5.45. The molecule has 1 aliphatic rings. The van der Waals surface area contributed by atoms with Gasteiger partial charge in [-0.1, -0.05) is 53.8 Å². The van der Waals surface area contributed by atoms with E-state index in [0.717, 1.165) is 70.6 Å². The molecule has 0 unspecified atom stereocenters. The first-order chi connectivity index (χ1) is 17.7. The lowest BCUT2D eigenvalue weighted by molar-refractivity contribution is 0.0341. The molecule has 1 saturated heterocycles. The van der Waals surface area contributed by atoms with Gasteiger partial charge in [-0.05, 0) is 23.8 Å². The molecule has 1 amide bonds. The molecule has 3 aromatic heterocycles. The van der Waals surface area contributed by atoms with Crippen LogP contribution in [0.3, 0.4) is 0 Å². The molecule has 6 rings (SSSR count). The second kappa shape index (κ2) is 10.2. The van der Waals surface area contributed by atoms with Crippen molar-refractivity contribution in [3.63, 3.8) is 0 Å². The van der Waals surface area contributed by atoms with Crippen LogP contribution in [-0.4, -0.2) is 52.1 Å². The van der Waals surface area contributed by atoms with Crippen molar-refractivity contribution in [2.24, 2.45) is 0 Å². The van der Waals surface area contributed by atoms with Gasteiger partial charge in [-0.15, -0.1) is 11.3 Å². The first-order valence-corrected chi connectivity index (χ1v) is 13.4. The molecule has 1 aliphatic heterocycles. The third-order valence-corrected chi connectivity index (χ3v) is 7.84. The Morgan fingerprint density at radius 3 is 2.69 bits per heavy atom. The zero-order valence-electron chi connectivity index (χ0n) is 19.4. The minimum Gasteiger partial charge on any atom is -0.379 e. The molecule has 0 radical (unpaired) electrons. The molecule has 36 heavy (non-hydrogen) atoms. The van der Waals surface area contributed by atoms with Crippen LogP contribution in [-0.2, 0) is 11.3 Å². The lowest BCUT2D eigenvalue weighted by Gasteiger charge is -2.26. The molecule has 1 N–H and O–H groups in total. The zero-order chi connectivity index (χ0) is 24.3. The van der Waals surface area contributed by atoms with Gasteiger partial charge in [0.2, 0.25) is 0 Å². The van der Waals surface area contributed by atoms with Crippen molar-refractivity contribution < 1.29 is 9.53 Å². The summed E-state index contributed by atoms with van der Waals surface area (Å²) in [4.78, 5) is 30.4. The number of amides is 1. The third kappa shape index (κ3) is 4.91. The van der Waals surface area contributed by atoms with Crippen LogP contribution in [0.4, 0.5) is 5.69 Å². The van der Waals surface area contributed by atoms with Crippen molar-refractivity contribution in [1.82, 2.24) is 19.9 Å². The van der Waals surface area contributed by atoms with Crippen LogP contribution in [0.1, 0.15) is 15.4 Å². The van der Waals surface area contributed by atoms with Gasteiger partial charge in [0, 0.05) is 42.3 Å². The number of rotatable bonds is 6. The highest BCUT2D eigenvalue weighted by atomic mass is 32.1. The highest BCUT2D eigenvalue weighted by Gasteiger charge is 2.17. The van der Waals surface area contributed by atoms with Crippen LogP contribution in [0.2, 0.25) is 0 Å². The molecular formula is C27H23N5O2S2. The quantitative estimate of drug-likeness (QED) is 0.320. The molecule has 9 heteroatoms. The van der Waals surface area contributed by atoms with E-state index in [0.29, 0.717) is 10.7 Å². The molecule has 0 saturated carbocycles. The Hall–Kier alpha value is -3.50. The SMILES string of the molecule is O=C(Nc1ccccc1-c1nc2cc(CN3CCOCC3)cnc2s1)c1nc(-c2ccccc2)cs1. The van der Waals surface area contributed by atoms with Crippen LogP contribution in [0.5, 0.6) is 0 Å². The van der Waals surface area contributed by atoms with Crippen molar-refractivity contribution in [2.45, 2.75) is 6.54 Å². The number of anilines is 1. The summed E-state index contributed by atoms with van der Waals surface area (Å²) in [5.41, 5.74) is 5.36. The Morgan fingerprint density at radius 1 is 1.03 bits per heavy atom. The van der Waals surface area contributed by atoms with Crippen LogP contribution in [0.25, 0.3) is 32.2 Å². The summed E-state index contributed by atoms with van der Waals surface area (Å²) in [7, 11) is 0. The Labute approximate surface area is 216 Å². The molecule has 5 aromatic rings. The number of hydrogen-bond donors (Lipinski definition) is 1. The maximum atomic E-state index is 13.0. The van der Waals surface area contributed by atoms with E-state index in [1.165, 1.54) is 22.7 Å².